The summed E-state index contributed by atoms with van der Waals surface area (Å²) in [6.45, 7) is 0. The highest BCUT2D eigenvalue weighted by atomic mass is 16.2. The Kier molecular flexibility index (Phi) is 3.24. The Morgan fingerprint density at radius 3 is 2.96 bits per heavy atom. The van der Waals surface area contributed by atoms with Crippen molar-refractivity contribution in [3.05, 3.63) is 70.8 Å². The summed E-state index contributed by atoms with van der Waals surface area (Å²) in [5.41, 5.74) is 7.53. The molecule has 7 nitrogen and oxygen atoms in total. The largest absolute Gasteiger partial charge is 0.361 e. The van der Waals surface area contributed by atoms with E-state index in [1.54, 1.807) is 30.5 Å². The van der Waals surface area contributed by atoms with Crippen molar-refractivity contribution in [2.45, 2.75) is 0 Å². The summed E-state index contributed by atoms with van der Waals surface area (Å²) in [6, 6.07) is 12.2. The van der Waals surface area contributed by atoms with E-state index in [1.807, 2.05) is 18.3 Å². The van der Waals surface area contributed by atoms with Crippen molar-refractivity contribution in [2.75, 3.05) is 5.43 Å². The zero-order valence-corrected chi connectivity index (χ0v) is 12.5. The molecular formula is C17H13N5O2. The molecule has 3 aromatic heterocycles. The molecule has 0 radical (unpaired) electrons. The highest BCUT2D eigenvalue weighted by molar-refractivity contribution is 5.99. The van der Waals surface area contributed by atoms with Gasteiger partial charge in [0.05, 0.1) is 5.69 Å². The number of anilines is 1. The van der Waals surface area contributed by atoms with E-state index in [-0.39, 0.29) is 11.5 Å². The average Bonchev–Trinajstić information content (AvgIpc) is 3.06. The highest BCUT2D eigenvalue weighted by Crippen LogP contribution is 2.17. The molecule has 0 unspecified atom stereocenters. The number of pyridine rings is 2. The van der Waals surface area contributed by atoms with Crippen molar-refractivity contribution in [3.8, 4) is 0 Å². The molecule has 4 rings (SSSR count). The number of hydrazine groups is 1. The molecule has 0 fully saturated rings. The number of aromatic amines is 2. The first-order valence-corrected chi connectivity index (χ1v) is 7.32. The maximum absolute atomic E-state index is 12.3. The van der Waals surface area contributed by atoms with Crippen molar-refractivity contribution < 1.29 is 4.79 Å². The van der Waals surface area contributed by atoms with Crippen LogP contribution in [0.3, 0.4) is 0 Å². The summed E-state index contributed by atoms with van der Waals surface area (Å²) in [7, 11) is 0. The minimum atomic E-state index is -0.299. The standard InChI is InChI=1S/C17H13N5O2/c23-15-9-14(12-2-1-6-19-16(12)20-15)21-22-17(24)11-3-4-13-10(8-11)5-7-18-13/h1-9,18H,(H,22,24)(H2,19,20,21,23). The lowest BCUT2D eigenvalue weighted by molar-refractivity contribution is 0.0963. The molecule has 7 heteroatoms. The van der Waals surface area contributed by atoms with Gasteiger partial charge in [-0.3, -0.25) is 20.4 Å². The fourth-order valence-corrected chi connectivity index (χ4v) is 2.58. The Bertz CT molecular complexity index is 1110. The van der Waals surface area contributed by atoms with Gasteiger partial charge in [0.2, 0.25) is 0 Å². The lowest BCUT2D eigenvalue weighted by Crippen LogP contribution is -2.30. The van der Waals surface area contributed by atoms with E-state index < -0.39 is 0 Å². The van der Waals surface area contributed by atoms with Gasteiger partial charge in [-0.1, -0.05) is 0 Å². The zero-order valence-electron chi connectivity index (χ0n) is 12.5. The number of fused-ring (bicyclic) bond motifs is 2. The van der Waals surface area contributed by atoms with Crippen LogP contribution in [-0.2, 0) is 0 Å². The number of hydrogen-bond acceptors (Lipinski definition) is 4. The van der Waals surface area contributed by atoms with Gasteiger partial charge in [0.25, 0.3) is 11.5 Å². The van der Waals surface area contributed by atoms with E-state index in [2.05, 4.69) is 25.8 Å². The number of H-pyrrole nitrogens is 2. The molecule has 4 N–H and O–H groups in total. The first-order chi connectivity index (χ1) is 11.7. The number of benzene rings is 1. The number of aromatic nitrogens is 3. The molecule has 0 spiro atoms. The predicted octanol–water partition coefficient (Wildman–Crippen LogP) is 2.16. The van der Waals surface area contributed by atoms with E-state index in [4.69, 9.17) is 0 Å². The van der Waals surface area contributed by atoms with Gasteiger partial charge < -0.3 is 9.97 Å². The van der Waals surface area contributed by atoms with Crippen LogP contribution in [0.1, 0.15) is 10.4 Å². The Morgan fingerprint density at radius 2 is 2.04 bits per heavy atom. The van der Waals surface area contributed by atoms with Crippen LogP contribution in [0.2, 0.25) is 0 Å². The smallest absolute Gasteiger partial charge is 0.269 e. The van der Waals surface area contributed by atoms with Gasteiger partial charge in [-0.25, -0.2) is 4.98 Å². The minimum Gasteiger partial charge on any atom is -0.361 e. The van der Waals surface area contributed by atoms with Crippen LogP contribution in [0.15, 0.2) is 59.7 Å². The Hall–Kier alpha value is -3.61. The molecule has 1 amide bonds. The van der Waals surface area contributed by atoms with E-state index in [0.717, 1.165) is 10.9 Å². The topological polar surface area (TPSA) is 103 Å². The Morgan fingerprint density at radius 1 is 1.12 bits per heavy atom. The fraction of sp³-hybridized carbons (Fsp3) is 0. The van der Waals surface area contributed by atoms with E-state index in [9.17, 15) is 9.59 Å². The molecule has 0 saturated carbocycles. The summed E-state index contributed by atoms with van der Waals surface area (Å²) in [6.07, 6.45) is 3.41. The minimum absolute atomic E-state index is 0.296. The van der Waals surface area contributed by atoms with Crippen molar-refractivity contribution in [1.29, 1.82) is 0 Å². The molecular weight excluding hydrogens is 306 g/mol. The van der Waals surface area contributed by atoms with Gasteiger partial charge in [-0.2, -0.15) is 0 Å². The number of nitrogens with one attached hydrogen (secondary N) is 4. The van der Waals surface area contributed by atoms with Gasteiger partial charge in [0.15, 0.2) is 0 Å². The molecule has 0 aliphatic carbocycles. The molecule has 4 aromatic rings. The molecule has 0 aliphatic rings. The molecule has 0 aliphatic heterocycles. The third kappa shape index (κ3) is 2.48. The first-order valence-electron chi connectivity index (χ1n) is 7.32. The van der Waals surface area contributed by atoms with Crippen molar-refractivity contribution in [3.63, 3.8) is 0 Å². The van der Waals surface area contributed by atoms with Crippen molar-refractivity contribution in [1.82, 2.24) is 20.4 Å². The first kappa shape index (κ1) is 14.0. The summed E-state index contributed by atoms with van der Waals surface area (Å²) in [4.78, 5) is 33.8. The van der Waals surface area contributed by atoms with Crippen LogP contribution in [0.4, 0.5) is 5.69 Å². The van der Waals surface area contributed by atoms with Gasteiger partial charge in [0, 0.05) is 40.3 Å². The zero-order chi connectivity index (χ0) is 16.5. The number of nitrogens with zero attached hydrogens (tertiary/aromatic N) is 1. The molecule has 0 saturated heterocycles. The molecule has 1 aromatic carbocycles. The van der Waals surface area contributed by atoms with Crippen LogP contribution in [0.5, 0.6) is 0 Å². The van der Waals surface area contributed by atoms with Crippen LogP contribution >= 0.6 is 0 Å². The molecule has 0 atom stereocenters. The molecule has 24 heavy (non-hydrogen) atoms. The lowest BCUT2D eigenvalue weighted by Gasteiger charge is -2.10. The number of hydrogen-bond donors (Lipinski definition) is 4. The lowest BCUT2D eigenvalue weighted by atomic mass is 10.1. The number of carbonyl (C=O) groups excluding carboxylic acids is 1. The SMILES string of the molecule is O=C(NNc1cc(=O)[nH]c2ncccc12)c1ccc2[nH]ccc2c1. The van der Waals surface area contributed by atoms with Gasteiger partial charge >= 0.3 is 0 Å². The number of amides is 1. The maximum Gasteiger partial charge on any atom is 0.269 e. The van der Waals surface area contributed by atoms with Crippen LogP contribution in [-0.4, -0.2) is 20.9 Å². The molecule has 118 valence electrons. The van der Waals surface area contributed by atoms with Crippen LogP contribution in [0, 0.1) is 0 Å². The van der Waals surface area contributed by atoms with Crippen molar-refractivity contribution in [2.24, 2.45) is 0 Å². The monoisotopic (exact) mass is 319 g/mol. The van der Waals surface area contributed by atoms with Gasteiger partial charge in [-0.15, -0.1) is 0 Å². The van der Waals surface area contributed by atoms with Crippen molar-refractivity contribution >= 4 is 33.5 Å². The molecule has 3 heterocycles. The normalized spacial score (nSPS) is 10.8. The number of carbonyl (C=O) groups is 1. The van der Waals surface area contributed by atoms with Gasteiger partial charge in [-0.05, 0) is 36.4 Å². The summed E-state index contributed by atoms with van der Waals surface area (Å²) in [5.74, 6) is -0.296. The number of rotatable bonds is 3. The predicted molar refractivity (Wildman–Crippen MR) is 91.8 cm³/mol. The van der Waals surface area contributed by atoms with E-state index in [0.29, 0.717) is 22.3 Å². The Balaban J connectivity index is 1.60. The second kappa shape index (κ2) is 5.54. The highest BCUT2D eigenvalue weighted by Gasteiger charge is 2.08. The van der Waals surface area contributed by atoms with Crippen LogP contribution in [0.25, 0.3) is 21.9 Å². The Labute approximate surface area is 135 Å². The van der Waals surface area contributed by atoms with E-state index >= 15 is 0 Å². The summed E-state index contributed by atoms with van der Waals surface area (Å²) < 4.78 is 0. The van der Waals surface area contributed by atoms with Crippen LogP contribution < -0.4 is 16.4 Å². The fourth-order valence-electron chi connectivity index (χ4n) is 2.58. The second-order valence-electron chi connectivity index (χ2n) is 5.31. The third-order valence-electron chi connectivity index (χ3n) is 3.74. The summed E-state index contributed by atoms with van der Waals surface area (Å²) >= 11 is 0. The quantitative estimate of drug-likeness (QED) is 0.434. The maximum atomic E-state index is 12.3. The second-order valence-corrected chi connectivity index (χ2v) is 5.31. The van der Waals surface area contributed by atoms with Gasteiger partial charge in [0.1, 0.15) is 5.65 Å². The average molecular weight is 319 g/mol. The summed E-state index contributed by atoms with van der Waals surface area (Å²) in [5, 5.41) is 1.66. The third-order valence-corrected chi connectivity index (χ3v) is 3.74. The molecule has 0 bridgehead atoms. The van der Waals surface area contributed by atoms with E-state index in [1.165, 1.54) is 6.07 Å².